The minimum absolute atomic E-state index is 0.102. The van der Waals surface area contributed by atoms with Crippen molar-refractivity contribution in [3.63, 3.8) is 0 Å². The molecule has 0 fully saturated rings. The molecule has 0 spiro atoms. The van der Waals surface area contributed by atoms with Gasteiger partial charge in [-0.15, -0.1) is 0 Å². The molecule has 0 radical (unpaired) electrons. The molecule has 1 N–H and O–H groups in total. The second-order valence-corrected chi connectivity index (χ2v) is 6.37. The largest absolute Gasteiger partial charge is 0.433 e. The molecule has 2 amide bonds. The number of aryl methyl sites for hydroxylation is 2. The van der Waals surface area contributed by atoms with Crippen molar-refractivity contribution in [2.45, 2.75) is 33.3 Å². The number of carbonyl (C=O) groups is 2. The number of hydrogen-bond acceptors (Lipinski definition) is 4. The van der Waals surface area contributed by atoms with Crippen LogP contribution in [0.5, 0.6) is 5.75 Å². The van der Waals surface area contributed by atoms with Crippen LogP contribution in [0.2, 0.25) is 0 Å². The summed E-state index contributed by atoms with van der Waals surface area (Å²) in [5.74, 6) is -0.940. The lowest BCUT2D eigenvalue weighted by Gasteiger charge is -2.25. The van der Waals surface area contributed by atoms with Crippen molar-refractivity contribution in [2.75, 3.05) is 10.3 Å². The molecule has 1 aliphatic rings. The zero-order valence-corrected chi connectivity index (χ0v) is 15.4. The lowest BCUT2D eigenvalue weighted by molar-refractivity contribution is -0.118. The quantitative estimate of drug-likeness (QED) is 0.842. The molecule has 0 bridgehead atoms. The van der Waals surface area contributed by atoms with E-state index in [0.29, 0.717) is 5.69 Å². The van der Waals surface area contributed by atoms with Crippen LogP contribution in [0.15, 0.2) is 47.6 Å². The highest BCUT2D eigenvalue weighted by Gasteiger charge is 2.27. The number of carbonyl (C=O) groups excluding carboxylic acids is 2. The van der Waals surface area contributed by atoms with E-state index in [2.05, 4.69) is 15.2 Å². The minimum Gasteiger partial charge on any atom is -0.433 e. The summed E-state index contributed by atoms with van der Waals surface area (Å²) in [5.41, 5.74) is 2.65. The molecule has 1 heterocycles. The van der Waals surface area contributed by atoms with Crippen molar-refractivity contribution in [2.24, 2.45) is 5.10 Å². The molecular weight excluding hydrogens is 368 g/mol. The molecule has 8 heteroatoms. The smallest absolute Gasteiger partial charge is 0.387 e. The summed E-state index contributed by atoms with van der Waals surface area (Å²) in [6.07, 6.45) is 0.277. The monoisotopic (exact) mass is 387 g/mol. The van der Waals surface area contributed by atoms with E-state index in [-0.39, 0.29) is 35.9 Å². The van der Waals surface area contributed by atoms with Gasteiger partial charge in [0, 0.05) is 12.8 Å². The summed E-state index contributed by atoms with van der Waals surface area (Å²) in [6, 6.07) is 11.5. The fourth-order valence-corrected chi connectivity index (χ4v) is 2.82. The summed E-state index contributed by atoms with van der Waals surface area (Å²) in [7, 11) is 0. The number of halogens is 2. The van der Waals surface area contributed by atoms with Gasteiger partial charge >= 0.3 is 6.61 Å². The third kappa shape index (κ3) is 4.33. The Hall–Kier alpha value is -3.29. The number of hydrazone groups is 1. The Bertz CT molecular complexity index is 944. The molecule has 0 atom stereocenters. The maximum absolute atomic E-state index is 12.6. The number of alkyl halides is 2. The molecule has 0 saturated heterocycles. The van der Waals surface area contributed by atoms with E-state index in [1.165, 1.54) is 23.2 Å². The van der Waals surface area contributed by atoms with E-state index in [0.717, 1.165) is 11.1 Å². The number of para-hydroxylation sites is 2. The van der Waals surface area contributed by atoms with Gasteiger partial charge in [-0.2, -0.15) is 13.9 Å². The van der Waals surface area contributed by atoms with Gasteiger partial charge in [-0.1, -0.05) is 24.3 Å². The highest BCUT2D eigenvalue weighted by molar-refractivity contribution is 6.44. The van der Waals surface area contributed by atoms with Crippen molar-refractivity contribution in [3.8, 4) is 5.75 Å². The summed E-state index contributed by atoms with van der Waals surface area (Å²) in [5, 5.41) is 7.98. The molecule has 0 unspecified atom stereocenters. The Morgan fingerprint density at radius 2 is 1.93 bits per heavy atom. The van der Waals surface area contributed by atoms with Gasteiger partial charge in [-0.25, -0.2) is 5.01 Å². The standard InChI is InChI=1S/C20H19F2N3O3/c1-12-7-8-13(2)16(11-12)25-18(26)10-9-15(24-25)19(27)23-14-5-3-4-6-17(14)28-20(21)22/h3-8,11,20H,9-10H2,1-2H3,(H,23,27). The number of ether oxygens (including phenoxy) is 1. The third-order valence-corrected chi connectivity index (χ3v) is 4.24. The van der Waals surface area contributed by atoms with Crippen molar-refractivity contribution in [1.82, 2.24) is 0 Å². The normalized spacial score (nSPS) is 14.1. The fraction of sp³-hybridized carbons (Fsp3) is 0.250. The molecule has 0 aliphatic carbocycles. The molecule has 3 rings (SSSR count). The van der Waals surface area contributed by atoms with Crippen LogP contribution >= 0.6 is 0 Å². The zero-order valence-electron chi connectivity index (χ0n) is 15.4. The minimum atomic E-state index is -3.01. The lowest BCUT2D eigenvalue weighted by Crippen LogP contribution is -2.36. The molecule has 6 nitrogen and oxygen atoms in total. The van der Waals surface area contributed by atoms with Gasteiger partial charge in [0.2, 0.25) is 5.91 Å². The predicted octanol–water partition coefficient (Wildman–Crippen LogP) is 4.03. The van der Waals surface area contributed by atoms with E-state index < -0.39 is 12.5 Å². The van der Waals surface area contributed by atoms with Crippen LogP contribution < -0.4 is 15.1 Å². The van der Waals surface area contributed by atoms with Crippen molar-refractivity contribution < 1.29 is 23.1 Å². The number of amides is 2. The average molecular weight is 387 g/mol. The number of benzene rings is 2. The number of rotatable bonds is 5. The Morgan fingerprint density at radius 1 is 1.18 bits per heavy atom. The van der Waals surface area contributed by atoms with Crippen LogP contribution in [0.1, 0.15) is 24.0 Å². The van der Waals surface area contributed by atoms with E-state index in [9.17, 15) is 18.4 Å². The predicted molar refractivity (Wildman–Crippen MR) is 102 cm³/mol. The number of nitrogens with zero attached hydrogens (tertiary/aromatic N) is 2. The highest BCUT2D eigenvalue weighted by atomic mass is 19.3. The summed E-state index contributed by atoms with van der Waals surface area (Å²) >= 11 is 0. The molecule has 0 aromatic heterocycles. The van der Waals surface area contributed by atoms with E-state index in [1.807, 2.05) is 32.0 Å². The van der Waals surface area contributed by atoms with E-state index in [4.69, 9.17) is 0 Å². The maximum atomic E-state index is 12.6. The van der Waals surface area contributed by atoms with Gasteiger partial charge in [0.15, 0.2) is 0 Å². The first kappa shape index (κ1) is 19.5. The first-order chi connectivity index (χ1) is 13.3. The first-order valence-electron chi connectivity index (χ1n) is 8.68. The number of nitrogens with one attached hydrogen (secondary N) is 1. The second kappa shape index (κ2) is 8.16. The second-order valence-electron chi connectivity index (χ2n) is 6.37. The van der Waals surface area contributed by atoms with Gasteiger partial charge in [0.1, 0.15) is 11.5 Å². The Labute approximate surface area is 160 Å². The zero-order chi connectivity index (χ0) is 20.3. The van der Waals surface area contributed by atoms with Gasteiger partial charge < -0.3 is 10.1 Å². The highest BCUT2D eigenvalue weighted by Crippen LogP contribution is 2.28. The van der Waals surface area contributed by atoms with Gasteiger partial charge in [-0.05, 0) is 43.2 Å². The summed E-state index contributed by atoms with van der Waals surface area (Å²) in [4.78, 5) is 25.0. The van der Waals surface area contributed by atoms with Crippen LogP contribution in [0, 0.1) is 13.8 Å². The van der Waals surface area contributed by atoms with Crippen molar-refractivity contribution in [1.29, 1.82) is 0 Å². The van der Waals surface area contributed by atoms with E-state index in [1.54, 1.807) is 6.07 Å². The van der Waals surface area contributed by atoms with Crippen LogP contribution in [-0.4, -0.2) is 24.1 Å². The summed E-state index contributed by atoms with van der Waals surface area (Å²) < 4.78 is 29.5. The van der Waals surface area contributed by atoms with Gasteiger partial charge in [0.05, 0.1) is 11.4 Å². The topological polar surface area (TPSA) is 71.0 Å². The van der Waals surface area contributed by atoms with Crippen molar-refractivity contribution >= 4 is 28.9 Å². The van der Waals surface area contributed by atoms with Crippen LogP contribution in [0.3, 0.4) is 0 Å². The molecular formula is C20H19F2N3O3. The van der Waals surface area contributed by atoms with Crippen LogP contribution in [0.25, 0.3) is 0 Å². The maximum Gasteiger partial charge on any atom is 0.387 e. The fourth-order valence-electron chi connectivity index (χ4n) is 2.82. The van der Waals surface area contributed by atoms with Gasteiger partial charge in [0.25, 0.3) is 5.91 Å². The molecule has 0 saturated carbocycles. The molecule has 1 aliphatic heterocycles. The SMILES string of the molecule is Cc1ccc(C)c(N2N=C(C(=O)Nc3ccccc3OC(F)F)CCC2=O)c1. The Morgan fingerprint density at radius 3 is 2.68 bits per heavy atom. The lowest BCUT2D eigenvalue weighted by atomic mass is 10.1. The van der Waals surface area contributed by atoms with Crippen LogP contribution in [0.4, 0.5) is 20.2 Å². The Balaban J connectivity index is 1.86. The Kier molecular flexibility index (Phi) is 5.67. The third-order valence-electron chi connectivity index (χ3n) is 4.24. The molecule has 146 valence electrons. The van der Waals surface area contributed by atoms with Gasteiger partial charge in [-0.3, -0.25) is 9.59 Å². The molecule has 2 aromatic rings. The van der Waals surface area contributed by atoms with Crippen LogP contribution in [-0.2, 0) is 9.59 Å². The number of hydrogen-bond donors (Lipinski definition) is 1. The molecule has 2 aromatic carbocycles. The first-order valence-corrected chi connectivity index (χ1v) is 8.68. The van der Waals surface area contributed by atoms with Crippen molar-refractivity contribution in [3.05, 3.63) is 53.6 Å². The summed E-state index contributed by atoms with van der Waals surface area (Å²) in [6.45, 7) is 0.737. The number of anilines is 2. The average Bonchev–Trinajstić information content (AvgIpc) is 2.65. The molecule has 28 heavy (non-hydrogen) atoms. The van der Waals surface area contributed by atoms with E-state index >= 15 is 0 Å².